The van der Waals surface area contributed by atoms with Gasteiger partial charge < -0.3 is 11.1 Å². The predicted molar refractivity (Wildman–Crippen MR) is 82.8 cm³/mol. The minimum atomic E-state index is 0.646. The van der Waals surface area contributed by atoms with Crippen LogP contribution in [0.4, 0.5) is 17.1 Å². The highest BCUT2D eigenvalue weighted by Crippen LogP contribution is 2.31. The Bertz CT molecular complexity index is 597. The van der Waals surface area contributed by atoms with E-state index in [1.54, 1.807) is 6.07 Å². The molecule has 0 aliphatic carbocycles. The summed E-state index contributed by atoms with van der Waals surface area (Å²) in [5.41, 5.74) is 10.7. The zero-order valence-corrected chi connectivity index (χ0v) is 12.6. The number of nitrogen functional groups attached to an aromatic ring is 1. The van der Waals surface area contributed by atoms with Gasteiger partial charge >= 0.3 is 0 Å². The maximum absolute atomic E-state index is 6.03. The second kappa shape index (κ2) is 5.21. The highest BCUT2D eigenvalue weighted by Gasteiger charge is 2.05. The first-order chi connectivity index (χ1) is 8.47. The van der Waals surface area contributed by atoms with Crippen LogP contribution in [-0.2, 0) is 0 Å². The normalized spacial score (nSPS) is 10.4. The fourth-order valence-corrected chi connectivity index (χ4v) is 2.37. The van der Waals surface area contributed by atoms with Gasteiger partial charge in [-0.3, -0.25) is 0 Å². The molecule has 2 aromatic carbocycles. The molecule has 0 aliphatic heterocycles. The van der Waals surface area contributed by atoms with Gasteiger partial charge in [-0.25, -0.2) is 0 Å². The summed E-state index contributed by atoms with van der Waals surface area (Å²) in [5.74, 6) is 0. The summed E-state index contributed by atoms with van der Waals surface area (Å²) in [5, 5.41) is 4.02. The first-order valence-corrected chi connectivity index (χ1v) is 6.73. The molecule has 0 saturated heterocycles. The van der Waals surface area contributed by atoms with Crippen LogP contribution in [0.15, 0.2) is 34.8 Å². The number of benzene rings is 2. The zero-order valence-electron chi connectivity index (χ0n) is 10.2. The van der Waals surface area contributed by atoms with Crippen LogP contribution in [0.25, 0.3) is 0 Å². The Morgan fingerprint density at radius 2 is 1.78 bits per heavy atom. The standard InChI is InChI=1S/C14H14BrClN2/c1-8-6-14(12(17)7-11(8)16)18-13-4-3-10(15)5-9(13)2/h3-7,18H,17H2,1-2H3. The van der Waals surface area contributed by atoms with Crippen molar-refractivity contribution < 1.29 is 0 Å². The first-order valence-electron chi connectivity index (χ1n) is 5.56. The van der Waals surface area contributed by atoms with Crippen molar-refractivity contribution in [3.8, 4) is 0 Å². The minimum absolute atomic E-state index is 0.646. The number of rotatable bonds is 2. The van der Waals surface area contributed by atoms with Gasteiger partial charge in [-0.15, -0.1) is 0 Å². The average molecular weight is 326 g/mol. The summed E-state index contributed by atoms with van der Waals surface area (Å²) in [6.45, 7) is 4.01. The van der Waals surface area contributed by atoms with E-state index >= 15 is 0 Å². The topological polar surface area (TPSA) is 38.0 Å². The molecule has 0 heterocycles. The maximum atomic E-state index is 6.03. The van der Waals surface area contributed by atoms with Crippen molar-refractivity contribution in [2.75, 3.05) is 11.1 Å². The van der Waals surface area contributed by atoms with Crippen molar-refractivity contribution >= 4 is 44.6 Å². The van der Waals surface area contributed by atoms with Gasteiger partial charge in [-0.1, -0.05) is 27.5 Å². The Kier molecular flexibility index (Phi) is 3.83. The monoisotopic (exact) mass is 324 g/mol. The molecule has 0 aliphatic rings. The third-order valence-corrected chi connectivity index (χ3v) is 3.69. The van der Waals surface area contributed by atoms with E-state index in [1.165, 1.54) is 0 Å². The van der Waals surface area contributed by atoms with Gasteiger partial charge in [0.05, 0.1) is 11.4 Å². The number of hydrogen-bond donors (Lipinski definition) is 2. The van der Waals surface area contributed by atoms with Crippen LogP contribution in [0, 0.1) is 13.8 Å². The molecular formula is C14H14BrClN2. The summed E-state index contributed by atoms with van der Waals surface area (Å²) in [4.78, 5) is 0. The highest BCUT2D eigenvalue weighted by atomic mass is 79.9. The van der Waals surface area contributed by atoms with Gasteiger partial charge in [0.15, 0.2) is 0 Å². The van der Waals surface area contributed by atoms with Crippen molar-refractivity contribution in [2.45, 2.75) is 13.8 Å². The lowest BCUT2D eigenvalue weighted by molar-refractivity contribution is 1.40. The van der Waals surface area contributed by atoms with Crippen LogP contribution in [0.5, 0.6) is 0 Å². The Morgan fingerprint density at radius 1 is 1.06 bits per heavy atom. The molecular weight excluding hydrogens is 312 g/mol. The third-order valence-electron chi connectivity index (χ3n) is 2.79. The lowest BCUT2D eigenvalue weighted by Gasteiger charge is -2.13. The largest absolute Gasteiger partial charge is 0.397 e. The van der Waals surface area contributed by atoms with Gasteiger partial charge in [0, 0.05) is 15.2 Å². The molecule has 2 rings (SSSR count). The SMILES string of the molecule is Cc1cc(Nc2ccc(Br)cc2C)c(N)cc1Cl. The van der Waals surface area contributed by atoms with E-state index in [1.807, 2.05) is 32.0 Å². The van der Waals surface area contributed by atoms with Gasteiger partial charge in [-0.05, 0) is 55.3 Å². The van der Waals surface area contributed by atoms with E-state index < -0.39 is 0 Å². The van der Waals surface area contributed by atoms with Crippen LogP contribution >= 0.6 is 27.5 Å². The lowest BCUT2D eigenvalue weighted by atomic mass is 10.1. The van der Waals surface area contributed by atoms with E-state index in [9.17, 15) is 0 Å². The van der Waals surface area contributed by atoms with Crippen molar-refractivity contribution in [1.82, 2.24) is 0 Å². The number of aryl methyl sites for hydroxylation is 2. The van der Waals surface area contributed by atoms with Crippen molar-refractivity contribution in [2.24, 2.45) is 0 Å². The molecule has 0 fully saturated rings. The molecule has 0 amide bonds. The number of nitrogens with one attached hydrogen (secondary N) is 1. The van der Waals surface area contributed by atoms with Gasteiger partial charge in [0.1, 0.15) is 0 Å². The summed E-state index contributed by atoms with van der Waals surface area (Å²) in [6, 6.07) is 9.80. The van der Waals surface area contributed by atoms with Crippen molar-refractivity contribution in [3.05, 3.63) is 51.0 Å². The molecule has 4 heteroatoms. The van der Waals surface area contributed by atoms with Crippen LogP contribution in [0.3, 0.4) is 0 Å². The molecule has 3 N–H and O–H groups in total. The molecule has 18 heavy (non-hydrogen) atoms. The summed E-state index contributed by atoms with van der Waals surface area (Å²) in [6.07, 6.45) is 0. The van der Waals surface area contributed by atoms with E-state index in [4.69, 9.17) is 17.3 Å². The number of halogens is 2. The molecule has 0 spiro atoms. The predicted octanol–water partition coefficient (Wildman–Crippen LogP) is 5.05. The number of anilines is 3. The van der Waals surface area contributed by atoms with Gasteiger partial charge in [0.25, 0.3) is 0 Å². The van der Waals surface area contributed by atoms with Gasteiger partial charge in [-0.2, -0.15) is 0 Å². The Balaban J connectivity index is 2.37. The number of hydrogen-bond acceptors (Lipinski definition) is 2. The molecule has 2 aromatic rings. The maximum Gasteiger partial charge on any atom is 0.0621 e. The molecule has 0 aromatic heterocycles. The fourth-order valence-electron chi connectivity index (χ4n) is 1.72. The van der Waals surface area contributed by atoms with Crippen LogP contribution < -0.4 is 11.1 Å². The second-order valence-electron chi connectivity index (χ2n) is 4.27. The van der Waals surface area contributed by atoms with E-state index in [2.05, 4.69) is 27.3 Å². The molecule has 0 bridgehead atoms. The highest BCUT2D eigenvalue weighted by molar-refractivity contribution is 9.10. The molecule has 0 saturated carbocycles. The average Bonchev–Trinajstić information content (AvgIpc) is 2.29. The zero-order chi connectivity index (χ0) is 13.3. The smallest absolute Gasteiger partial charge is 0.0621 e. The number of nitrogens with two attached hydrogens (primary N) is 1. The van der Waals surface area contributed by atoms with E-state index in [0.29, 0.717) is 10.7 Å². The molecule has 0 atom stereocenters. The summed E-state index contributed by atoms with van der Waals surface area (Å²) in [7, 11) is 0. The summed E-state index contributed by atoms with van der Waals surface area (Å²) >= 11 is 9.47. The molecule has 94 valence electrons. The van der Waals surface area contributed by atoms with E-state index in [0.717, 1.165) is 27.0 Å². The Labute approximate surface area is 120 Å². The van der Waals surface area contributed by atoms with E-state index in [-0.39, 0.29) is 0 Å². The fraction of sp³-hybridized carbons (Fsp3) is 0.143. The molecule has 2 nitrogen and oxygen atoms in total. The molecule has 0 unspecified atom stereocenters. The summed E-state index contributed by atoms with van der Waals surface area (Å²) < 4.78 is 1.06. The Morgan fingerprint density at radius 3 is 2.44 bits per heavy atom. The second-order valence-corrected chi connectivity index (χ2v) is 5.60. The van der Waals surface area contributed by atoms with Crippen LogP contribution in [-0.4, -0.2) is 0 Å². The minimum Gasteiger partial charge on any atom is -0.397 e. The first kappa shape index (κ1) is 13.2. The van der Waals surface area contributed by atoms with Gasteiger partial charge in [0.2, 0.25) is 0 Å². The van der Waals surface area contributed by atoms with Crippen molar-refractivity contribution in [3.63, 3.8) is 0 Å². The Hall–Kier alpha value is -1.19. The quantitative estimate of drug-likeness (QED) is 0.759. The van der Waals surface area contributed by atoms with Crippen LogP contribution in [0.1, 0.15) is 11.1 Å². The van der Waals surface area contributed by atoms with Crippen LogP contribution in [0.2, 0.25) is 5.02 Å². The third kappa shape index (κ3) is 2.79. The molecule has 0 radical (unpaired) electrons. The van der Waals surface area contributed by atoms with Crippen molar-refractivity contribution in [1.29, 1.82) is 0 Å². The lowest BCUT2D eigenvalue weighted by Crippen LogP contribution is -1.98.